The first kappa shape index (κ1) is 13.9. The van der Waals surface area contributed by atoms with Gasteiger partial charge >= 0.3 is 0 Å². The van der Waals surface area contributed by atoms with Gasteiger partial charge in [-0.05, 0) is 12.1 Å². The summed E-state index contributed by atoms with van der Waals surface area (Å²) in [5, 5.41) is 25.8. The first-order chi connectivity index (χ1) is 9.61. The van der Waals surface area contributed by atoms with Gasteiger partial charge in [-0.1, -0.05) is 6.07 Å². The quantitative estimate of drug-likeness (QED) is 0.763. The second kappa shape index (κ2) is 6.07. The number of phenolic OH excluding ortho intramolecular Hbond substituents is 2. The Hall–Kier alpha value is -2.54. The number of nitrogens with zero attached hydrogens (tertiary/aromatic N) is 2. The predicted molar refractivity (Wildman–Crippen MR) is 71.8 cm³/mol. The predicted octanol–water partition coefficient (Wildman–Crippen LogP) is 1.19. The van der Waals surface area contributed by atoms with Crippen molar-refractivity contribution in [2.75, 3.05) is 19.0 Å². The molecule has 0 aliphatic carbocycles. The number of benzene rings is 1. The Balaban J connectivity index is 2.10. The maximum atomic E-state index is 12.0. The standard InChI is InChI=1S/C13H15N3O4/c1-20-6-5-16-8-9(7-14-16)15-13(19)12-10(17)3-2-4-11(12)18/h2-4,7-8,17-18H,5-6H2,1H3,(H,15,19). The third kappa shape index (κ3) is 3.07. The van der Waals surface area contributed by atoms with Crippen LogP contribution in [0.2, 0.25) is 0 Å². The summed E-state index contributed by atoms with van der Waals surface area (Å²) in [5.74, 6) is -1.17. The molecular weight excluding hydrogens is 262 g/mol. The van der Waals surface area contributed by atoms with Crippen molar-refractivity contribution in [2.24, 2.45) is 0 Å². The molecule has 0 fully saturated rings. The second-order valence-corrected chi connectivity index (χ2v) is 4.11. The Morgan fingerprint density at radius 1 is 1.40 bits per heavy atom. The summed E-state index contributed by atoms with van der Waals surface area (Å²) < 4.78 is 6.54. The van der Waals surface area contributed by atoms with Crippen molar-refractivity contribution >= 4 is 11.6 Å². The fraction of sp³-hybridized carbons (Fsp3) is 0.231. The largest absolute Gasteiger partial charge is 0.507 e. The van der Waals surface area contributed by atoms with Crippen molar-refractivity contribution in [3.8, 4) is 11.5 Å². The molecule has 0 radical (unpaired) electrons. The fourth-order valence-electron chi connectivity index (χ4n) is 1.69. The van der Waals surface area contributed by atoms with Gasteiger partial charge in [0.2, 0.25) is 0 Å². The summed E-state index contributed by atoms with van der Waals surface area (Å²) in [6, 6.07) is 4.11. The highest BCUT2D eigenvalue weighted by Crippen LogP contribution is 2.26. The number of methoxy groups -OCH3 is 1. The molecule has 0 unspecified atom stereocenters. The fourth-order valence-corrected chi connectivity index (χ4v) is 1.69. The van der Waals surface area contributed by atoms with Crippen LogP contribution in [-0.4, -0.2) is 39.6 Å². The lowest BCUT2D eigenvalue weighted by Gasteiger charge is -2.06. The summed E-state index contributed by atoms with van der Waals surface area (Å²) in [6.45, 7) is 1.07. The van der Waals surface area contributed by atoms with E-state index in [1.54, 1.807) is 18.0 Å². The Morgan fingerprint density at radius 3 is 2.75 bits per heavy atom. The maximum absolute atomic E-state index is 12.0. The number of nitrogens with one attached hydrogen (secondary N) is 1. The van der Waals surface area contributed by atoms with E-state index < -0.39 is 5.91 Å². The van der Waals surface area contributed by atoms with Crippen LogP contribution in [0.15, 0.2) is 30.6 Å². The monoisotopic (exact) mass is 277 g/mol. The van der Waals surface area contributed by atoms with E-state index in [1.165, 1.54) is 24.4 Å². The van der Waals surface area contributed by atoms with Crippen LogP contribution in [-0.2, 0) is 11.3 Å². The zero-order valence-electron chi connectivity index (χ0n) is 10.9. The molecule has 0 saturated carbocycles. The van der Waals surface area contributed by atoms with Crippen molar-refractivity contribution in [1.82, 2.24) is 9.78 Å². The van der Waals surface area contributed by atoms with E-state index in [0.717, 1.165) is 0 Å². The SMILES string of the molecule is COCCn1cc(NC(=O)c2c(O)cccc2O)cn1. The maximum Gasteiger partial charge on any atom is 0.263 e. The molecule has 1 heterocycles. The van der Waals surface area contributed by atoms with Gasteiger partial charge < -0.3 is 20.3 Å². The third-order valence-corrected chi connectivity index (χ3v) is 2.66. The van der Waals surface area contributed by atoms with Crippen LogP contribution in [0.5, 0.6) is 11.5 Å². The minimum atomic E-state index is -0.605. The first-order valence-corrected chi connectivity index (χ1v) is 5.95. The van der Waals surface area contributed by atoms with Gasteiger partial charge in [-0.25, -0.2) is 0 Å². The van der Waals surface area contributed by atoms with Gasteiger partial charge in [0.25, 0.3) is 5.91 Å². The van der Waals surface area contributed by atoms with Gasteiger partial charge in [0.05, 0.1) is 25.0 Å². The van der Waals surface area contributed by atoms with Crippen LogP contribution in [0.3, 0.4) is 0 Å². The summed E-state index contributed by atoms with van der Waals surface area (Å²) in [4.78, 5) is 12.0. The number of anilines is 1. The number of hydrogen-bond acceptors (Lipinski definition) is 5. The zero-order valence-corrected chi connectivity index (χ0v) is 10.9. The molecule has 1 aromatic carbocycles. The summed E-state index contributed by atoms with van der Waals surface area (Å²) in [5.41, 5.74) is 0.297. The van der Waals surface area contributed by atoms with Gasteiger partial charge in [0.15, 0.2) is 0 Å². The third-order valence-electron chi connectivity index (χ3n) is 2.66. The first-order valence-electron chi connectivity index (χ1n) is 5.95. The topological polar surface area (TPSA) is 96.6 Å². The Bertz CT molecular complexity index is 589. The lowest BCUT2D eigenvalue weighted by Crippen LogP contribution is -2.12. The van der Waals surface area contributed by atoms with Crippen LogP contribution in [0, 0.1) is 0 Å². The molecule has 0 aliphatic rings. The van der Waals surface area contributed by atoms with E-state index in [9.17, 15) is 15.0 Å². The highest BCUT2D eigenvalue weighted by molar-refractivity contribution is 6.07. The number of rotatable bonds is 5. The van der Waals surface area contributed by atoms with Crippen LogP contribution >= 0.6 is 0 Å². The molecule has 106 valence electrons. The number of phenols is 2. The Labute approximate surface area is 115 Å². The number of hydrogen-bond donors (Lipinski definition) is 3. The van der Waals surface area contributed by atoms with Crippen molar-refractivity contribution in [3.05, 3.63) is 36.2 Å². The molecule has 0 saturated heterocycles. The molecule has 1 amide bonds. The molecule has 7 heteroatoms. The Kier molecular flexibility index (Phi) is 4.21. The molecule has 2 rings (SSSR count). The zero-order chi connectivity index (χ0) is 14.5. The van der Waals surface area contributed by atoms with E-state index in [4.69, 9.17) is 4.74 Å². The molecule has 0 bridgehead atoms. The van der Waals surface area contributed by atoms with Gasteiger partial charge in [-0.15, -0.1) is 0 Å². The van der Waals surface area contributed by atoms with E-state index >= 15 is 0 Å². The molecule has 0 atom stereocenters. The molecular formula is C13H15N3O4. The lowest BCUT2D eigenvalue weighted by atomic mass is 10.1. The summed E-state index contributed by atoms with van der Waals surface area (Å²) in [7, 11) is 1.59. The van der Waals surface area contributed by atoms with Crippen molar-refractivity contribution in [1.29, 1.82) is 0 Å². The van der Waals surface area contributed by atoms with Gasteiger partial charge in [-0.3, -0.25) is 9.48 Å². The molecule has 7 nitrogen and oxygen atoms in total. The number of carbonyl (C=O) groups is 1. The van der Waals surface area contributed by atoms with Crippen molar-refractivity contribution < 1.29 is 19.7 Å². The molecule has 0 aliphatic heterocycles. The number of aromatic hydroxyl groups is 2. The molecule has 3 N–H and O–H groups in total. The molecule has 0 spiro atoms. The highest BCUT2D eigenvalue weighted by atomic mass is 16.5. The Morgan fingerprint density at radius 2 is 2.10 bits per heavy atom. The number of amides is 1. The highest BCUT2D eigenvalue weighted by Gasteiger charge is 2.16. The van der Waals surface area contributed by atoms with Crippen LogP contribution in [0.25, 0.3) is 0 Å². The van der Waals surface area contributed by atoms with Gasteiger partial charge in [0, 0.05) is 13.3 Å². The van der Waals surface area contributed by atoms with E-state index in [1.807, 2.05) is 0 Å². The van der Waals surface area contributed by atoms with Crippen LogP contribution in [0.1, 0.15) is 10.4 Å². The van der Waals surface area contributed by atoms with E-state index in [2.05, 4.69) is 10.4 Å². The number of carbonyl (C=O) groups excluding carboxylic acids is 1. The van der Waals surface area contributed by atoms with E-state index in [-0.39, 0.29) is 17.1 Å². The van der Waals surface area contributed by atoms with E-state index in [0.29, 0.717) is 18.8 Å². The smallest absolute Gasteiger partial charge is 0.263 e. The van der Waals surface area contributed by atoms with Crippen molar-refractivity contribution in [3.63, 3.8) is 0 Å². The molecule has 1 aromatic heterocycles. The minimum Gasteiger partial charge on any atom is -0.507 e. The van der Waals surface area contributed by atoms with Crippen LogP contribution < -0.4 is 5.32 Å². The van der Waals surface area contributed by atoms with Gasteiger partial charge in [-0.2, -0.15) is 5.10 Å². The molecule has 2 aromatic rings. The average Bonchev–Trinajstić information content (AvgIpc) is 2.83. The van der Waals surface area contributed by atoms with Crippen LogP contribution in [0.4, 0.5) is 5.69 Å². The minimum absolute atomic E-state index is 0.169. The number of ether oxygens (including phenoxy) is 1. The summed E-state index contributed by atoms with van der Waals surface area (Å²) >= 11 is 0. The van der Waals surface area contributed by atoms with Gasteiger partial charge in [0.1, 0.15) is 17.1 Å². The second-order valence-electron chi connectivity index (χ2n) is 4.11. The normalized spacial score (nSPS) is 10.4. The summed E-state index contributed by atoms with van der Waals surface area (Å²) in [6.07, 6.45) is 3.11. The van der Waals surface area contributed by atoms with Crippen molar-refractivity contribution in [2.45, 2.75) is 6.54 Å². The average molecular weight is 277 g/mol. The lowest BCUT2D eigenvalue weighted by molar-refractivity contribution is 0.102. The number of aromatic nitrogens is 2. The molecule has 20 heavy (non-hydrogen) atoms.